The number of hydrogen-bond donors (Lipinski definition) is 2. The van der Waals surface area contributed by atoms with E-state index in [0.29, 0.717) is 6.42 Å². The standard InChI is InChI=1S/C29H30FNO4S/c1-16-23(10-18-4-6-19(7-5-18)20-8-9-25(35-3)24(30)11-20)26(17(2)36-16)27(32)31-22-14-29(15-22)12-21(13-29)28(33)34/h4-9,11,21-22H,10,12-15H2,1-3H3,(H,31,32)(H,33,34). The van der Waals surface area contributed by atoms with Gasteiger partial charge in [-0.25, -0.2) is 4.39 Å². The third-order valence-electron chi connectivity index (χ3n) is 7.83. The van der Waals surface area contributed by atoms with Crippen LogP contribution in [0.25, 0.3) is 11.1 Å². The van der Waals surface area contributed by atoms with E-state index in [2.05, 4.69) is 12.2 Å². The molecule has 1 aromatic heterocycles. The number of halogens is 1. The molecule has 3 aromatic rings. The number of carbonyl (C=O) groups excluding carboxylic acids is 1. The molecule has 1 spiro atoms. The smallest absolute Gasteiger partial charge is 0.306 e. The summed E-state index contributed by atoms with van der Waals surface area (Å²) in [5, 5.41) is 12.3. The molecule has 1 heterocycles. The van der Waals surface area contributed by atoms with Gasteiger partial charge in [0.05, 0.1) is 18.6 Å². The van der Waals surface area contributed by atoms with Crippen molar-refractivity contribution < 1.29 is 23.8 Å². The summed E-state index contributed by atoms with van der Waals surface area (Å²) < 4.78 is 19.1. The summed E-state index contributed by atoms with van der Waals surface area (Å²) in [4.78, 5) is 26.5. The van der Waals surface area contributed by atoms with Crippen LogP contribution in [0.2, 0.25) is 0 Å². The van der Waals surface area contributed by atoms with Gasteiger partial charge in [0.2, 0.25) is 0 Å². The number of aliphatic carboxylic acids is 1. The predicted molar refractivity (Wildman–Crippen MR) is 138 cm³/mol. The van der Waals surface area contributed by atoms with Crippen molar-refractivity contribution in [1.82, 2.24) is 5.32 Å². The third-order valence-corrected chi connectivity index (χ3v) is 8.90. The second-order valence-electron chi connectivity index (χ2n) is 10.3. The summed E-state index contributed by atoms with van der Waals surface area (Å²) in [5.74, 6) is -1.13. The number of thiophene rings is 1. The van der Waals surface area contributed by atoms with Crippen LogP contribution >= 0.6 is 11.3 Å². The van der Waals surface area contributed by atoms with E-state index in [1.807, 2.05) is 37.3 Å². The number of nitrogens with one attached hydrogen (secondary N) is 1. The molecular formula is C29H30FNO4S. The Bertz CT molecular complexity index is 1320. The molecule has 2 N–H and O–H groups in total. The van der Waals surface area contributed by atoms with Gasteiger partial charge in [-0.3, -0.25) is 9.59 Å². The monoisotopic (exact) mass is 507 g/mol. The molecule has 2 aromatic carbocycles. The summed E-state index contributed by atoms with van der Waals surface area (Å²) in [6, 6.07) is 13.0. The topological polar surface area (TPSA) is 75.6 Å². The van der Waals surface area contributed by atoms with Crippen LogP contribution < -0.4 is 10.1 Å². The van der Waals surface area contributed by atoms with Crippen LogP contribution in [-0.4, -0.2) is 30.1 Å². The van der Waals surface area contributed by atoms with E-state index >= 15 is 0 Å². The zero-order valence-electron chi connectivity index (χ0n) is 20.7. The van der Waals surface area contributed by atoms with Crippen molar-refractivity contribution in [1.29, 1.82) is 0 Å². The summed E-state index contributed by atoms with van der Waals surface area (Å²) in [7, 11) is 1.45. The predicted octanol–water partition coefficient (Wildman–Crippen LogP) is 6.14. The highest BCUT2D eigenvalue weighted by molar-refractivity contribution is 7.12. The van der Waals surface area contributed by atoms with Crippen LogP contribution in [-0.2, 0) is 11.2 Å². The first-order valence-electron chi connectivity index (χ1n) is 12.2. The number of carbonyl (C=O) groups is 2. The summed E-state index contributed by atoms with van der Waals surface area (Å²) in [6.45, 7) is 4.04. The van der Waals surface area contributed by atoms with Crippen molar-refractivity contribution in [3.05, 3.63) is 74.7 Å². The molecule has 0 unspecified atom stereocenters. The van der Waals surface area contributed by atoms with Crippen molar-refractivity contribution in [2.24, 2.45) is 11.3 Å². The Balaban J connectivity index is 1.26. The van der Waals surface area contributed by atoms with E-state index < -0.39 is 11.8 Å². The van der Waals surface area contributed by atoms with E-state index in [9.17, 15) is 14.0 Å². The molecule has 0 saturated heterocycles. The summed E-state index contributed by atoms with van der Waals surface area (Å²) in [5.41, 5.74) is 4.70. The van der Waals surface area contributed by atoms with Gasteiger partial charge in [0.25, 0.3) is 5.91 Å². The molecule has 5 nitrogen and oxygen atoms in total. The number of amides is 1. The maximum Gasteiger partial charge on any atom is 0.306 e. The lowest BCUT2D eigenvalue weighted by atomic mass is 9.50. The van der Waals surface area contributed by atoms with Gasteiger partial charge in [-0.15, -0.1) is 11.3 Å². The molecule has 2 fully saturated rings. The van der Waals surface area contributed by atoms with Gasteiger partial charge >= 0.3 is 5.97 Å². The quantitative estimate of drug-likeness (QED) is 0.403. The van der Waals surface area contributed by atoms with Crippen molar-refractivity contribution in [2.75, 3.05) is 7.11 Å². The number of rotatable bonds is 7. The molecule has 5 rings (SSSR count). The molecule has 2 saturated carbocycles. The lowest BCUT2D eigenvalue weighted by Gasteiger charge is -2.56. The Morgan fingerprint density at radius 2 is 1.72 bits per heavy atom. The number of benzene rings is 2. The van der Waals surface area contributed by atoms with Gasteiger partial charge < -0.3 is 15.2 Å². The lowest BCUT2D eigenvalue weighted by Crippen LogP contribution is -2.57. The Morgan fingerprint density at radius 3 is 2.33 bits per heavy atom. The maximum atomic E-state index is 14.1. The molecule has 36 heavy (non-hydrogen) atoms. The van der Waals surface area contributed by atoms with Crippen LogP contribution in [0, 0.1) is 31.0 Å². The molecule has 0 bridgehead atoms. The van der Waals surface area contributed by atoms with Crippen LogP contribution in [0.1, 0.15) is 56.9 Å². The Morgan fingerprint density at radius 1 is 1.06 bits per heavy atom. The van der Waals surface area contributed by atoms with Crippen molar-refractivity contribution >= 4 is 23.2 Å². The van der Waals surface area contributed by atoms with Gasteiger partial charge in [-0.2, -0.15) is 0 Å². The average molecular weight is 508 g/mol. The van der Waals surface area contributed by atoms with Gasteiger partial charge in [-0.1, -0.05) is 30.3 Å². The molecule has 188 valence electrons. The first kappa shape index (κ1) is 24.5. The molecule has 2 aliphatic rings. The number of carboxylic acid groups (broad SMARTS) is 1. The minimum atomic E-state index is -0.702. The largest absolute Gasteiger partial charge is 0.494 e. The Kier molecular flexibility index (Phi) is 6.37. The zero-order valence-corrected chi connectivity index (χ0v) is 21.5. The maximum absolute atomic E-state index is 14.1. The first-order chi connectivity index (χ1) is 17.2. The van der Waals surface area contributed by atoms with Gasteiger partial charge in [0.1, 0.15) is 0 Å². The normalized spacial score (nSPS) is 22.6. The van der Waals surface area contributed by atoms with E-state index in [1.165, 1.54) is 13.2 Å². The van der Waals surface area contributed by atoms with Gasteiger partial charge in [-0.05, 0) is 85.8 Å². The fourth-order valence-corrected chi connectivity index (χ4v) is 7.02. The molecule has 7 heteroatoms. The zero-order chi connectivity index (χ0) is 25.6. The van der Waals surface area contributed by atoms with E-state index in [-0.39, 0.29) is 29.0 Å². The van der Waals surface area contributed by atoms with Gasteiger partial charge in [0.15, 0.2) is 11.6 Å². The first-order valence-corrected chi connectivity index (χ1v) is 13.0. The highest BCUT2D eigenvalue weighted by Gasteiger charge is 2.55. The van der Waals surface area contributed by atoms with E-state index in [1.54, 1.807) is 17.4 Å². The number of hydrogen-bond acceptors (Lipinski definition) is 4. The molecule has 0 radical (unpaired) electrons. The van der Waals surface area contributed by atoms with E-state index in [0.717, 1.165) is 63.3 Å². The lowest BCUT2D eigenvalue weighted by molar-refractivity contribution is -0.155. The molecule has 0 atom stereocenters. The summed E-state index contributed by atoms with van der Waals surface area (Å²) in [6.07, 6.45) is 3.84. The fourth-order valence-electron chi connectivity index (χ4n) is 5.94. The second kappa shape index (κ2) is 9.36. The fraction of sp³-hybridized carbons (Fsp3) is 0.379. The van der Waals surface area contributed by atoms with Crippen molar-refractivity contribution in [3.8, 4) is 16.9 Å². The number of methoxy groups -OCH3 is 1. The molecular weight excluding hydrogens is 477 g/mol. The molecule has 2 aliphatic carbocycles. The van der Waals surface area contributed by atoms with Crippen molar-refractivity contribution in [3.63, 3.8) is 0 Å². The van der Waals surface area contributed by atoms with Gasteiger partial charge in [0, 0.05) is 15.8 Å². The van der Waals surface area contributed by atoms with Crippen molar-refractivity contribution in [2.45, 2.75) is 52.0 Å². The van der Waals surface area contributed by atoms with Crippen LogP contribution in [0.4, 0.5) is 4.39 Å². The van der Waals surface area contributed by atoms with Crippen LogP contribution in [0.15, 0.2) is 42.5 Å². The van der Waals surface area contributed by atoms with Crippen LogP contribution in [0.3, 0.4) is 0 Å². The van der Waals surface area contributed by atoms with Crippen LogP contribution in [0.5, 0.6) is 5.75 Å². The molecule has 0 aliphatic heterocycles. The minimum Gasteiger partial charge on any atom is -0.494 e. The number of ether oxygens (including phenoxy) is 1. The Hall–Kier alpha value is -3.19. The highest BCUT2D eigenvalue weighted by Crippen LogP contribution is 2.58. The number of carboxylic acids is 1. The number of aryl methyl sites for hydroxylation is 2. The van der Waals surface area contributed by atoms with E-state index in [4.69, 9.17) is 9.84 Å². The third kappa shape index (κ3) is 4.52. The highest BCUT2D eigenvalue weighted by atomic mass is 32.1. The minimum absolute atomic E-state index is 0.0360. The average Bonchev–Trinajstić information content (AvgIpc) is 3.07. The second-order valence-corrected chi connectivity index (χ2v) is 11.7. The SMILES string of the molecule is COc1ccc(-c2ccc(Cc3c(C)sc(C)c3C(=O)NC3CC4(C3)CC(C(=O)O)C4)cc2)cc1F. The molecule has 1 amide bonds. The Labute approximate surface area is 214 Å². The summed E-state index contributed by atoms with van der Waals surface area (Å²) >= 11 is 1.64.